The molecule has 2 rings (SSSR count). The monoisotopic (exact) mass is 599 g/mol. The van der Waals surface area contributed by atoms with Crippen molar-refractivity contribution in [3.05, 3.63) is 71.8 Å². The first-order valence-electron chi connectivity index (χ1n) is 14.0. The Hall–Kier alpha value is -4.33. The largest absolute Gasteiger partial charge is 0.480 e. The number of carboxylic acid groups (broad SMARTS) is 3. The average Bonchev–Trinajstić information content (AvgIpc) is 2.94. The molecular formula is C30H41N5O8. The number of carbonyl (C=O) groups excluding carboxylic acids is 2. The van der Waals surface area contributed by atoms with E-state index in [9.17, 15) is 39.3 Å². The van der Waals surface area contributed by atoms with E-state index in [2.05, 4.69) is 10.6 Å². The van der Waals surface area contributed by atoms with Crippen LogP contribution in [-0.2, 0) is 36.8 Å². The van der Waals surface area contributed by atoms with Crippen molar-refractivity contribution in [2.45, 2.75) is 12.8 Å². The molecule has 0 saturated heterocycles. The molecule has 234 valence electrons. The molecule has 0 aromatic heterocycles. The first kappa shape index (κ1) is 34.9. The number of hydrogen-bond donors (Lipinski definition) is 5. The molecule has 0 bridgehead atoms. The Labute approximate surface area is 251 Å². The first-order valence-corrected chi connectivity index (χ1v) is 14.0. The lowest BCUT2D eigenvalue weighted by Crippen LogP contribution is -2.47. The van der Waals surface area contributed by atoms with Crippen LogP contribution in [-0.4, -0.2) is 132 Å². The standard InChI is InChI=1S/C30H41N5O8/c36-26(31-13-11-24-7-3-1-4-8-24)19-34(22-29(40)41)17-15-33(21-28(38)39)16-18-35(23-30(42)43)20-27(37)32-14-12-25-9-5-2-6-10-25/h1-10H,11-23H2,(H,31,36)(H,32,37)(H,38,39)(H,40,41)(H,42,43). The van der Waals surface area contributed by atoms with Crippen LogP contribution in [0.2, 0.25) is 0 Å². The molecule has 2 aromatic rings. The van der Waals surface area contributed by atoms with Crippen molar-refractivity contribution in [3.63, 3.8) is 0 Å². The fourth-order valence-corrected chi connectivity index (χ4v) is 4.34. The summed E-state index contributed by atoms with van der Waals surface area (Å²) in [6.07, 6.45) is 1.24. The third-order valence-corrected chi connectivity index (χ3v) is 6.43. The van der Waals surface area contributed by atoms with Gasteiger partial charge in [-0.2, -0.15) is 0 Å². The molecule has 13 heteroatoms. The lowest BCUT2D eigenvalue weighted by atomic mass is 10.1. The number of rotatable bonds is 22. The highest BCUT2D eigenvalue weighted by Crippen LogP contribution is 2.01. The van der Waals surface area contributed by atoms with Crippen LogP contribution in [0.15, 0.2) is 60.7 Å². The maximum absolute atomic E-state index is 12.5. The summed E-state index contributed by atoms with van der Waals surface area (Å²) < 4.78 is 0. The third-order valence-electron chi connectivity index (χ3n) is 6.43. The van der Waals surface area contributed by atoms with Crippen molar-refractivity contribution in [1.29, 1.82) is 0 Å². The molecule has 0 atom stereocenters. The van der Waals surface area contributed by atoms with E-state index in [0.717, 1.165) is 11.1 Å². The van der Waals surface area contributed by atoms with Crippen LogP contribution in [0.1, 0.15) is 11.1 Å². The number of nitrogens with zero attached hydrogens (tertiary/aromatic N) is 3. The first-order chi connectivity index (χ1) is 20.6. The fourth-order valence-electron chi connectivity index (χ4n) is 4.34. The molecular weight excluding hydrogens is 558 g/mol. The molecule has 0 spiro atoms. The van der Waals surface area contributed by atoms with Gasteiger partial charge >= 0.3 is 17.9 Å². The predicted molar refractivity (Wildman–Crippen MR) is 159 cm³/mol. The van der Waals surface area contributed by atoms with E-state index in [1.54, 1.807) is 0 Å². The molecule has 13 nitrogen and oxygen atoms in total. The molecule has 0 unspecified atom stereocenters. The molecule has 0 aliphatic heterocycles. The number of nitrogens with one attached hydrogen (secondary N) is 2. The lowest BCUT2D eigenvalue weighted by molar-refractivity contribution is -0.141. The molecule has 43 heavy (non-hydrogen) atoms. The Kier molecular flexibility index (Phi) is 16.0. The minimum atomic E-state index is -1.13. The van der Waals surface area contributed by atoms with E-state index in [4.69, 9.17) is 0 Å². The fraction of sp³-hybridized carbons (Fsp3) is 0.433. The number of amides is 2. The van der Waals surface area contributed by atoms with E-state index in [1.807, 2.05) is 60.7 Å². The Morgan fingerprint density at radius 1 is 0.488 bits per heavy atom. The molecule has 2 aromatic carbocycles. The number of benzene rings is 2. The van der Waals surface area contributed by atoms with E-state index in [0.29, 0.717) is 25.9 Å². The molecule has 0 fully saturated rings. The van der Waals surface area contributed by atoms with Crippen molar-refractivity contribution in [3.8, 4) is 0 Å². The summed E-state index contributed by atoms with van der Waals surface area (Å²) in [5, 5.41) is 33.6. The van der Waals surface area contributed by atoms with Crippen LogP contribution in [0.4, 0.5) is 0 Å². The van der Waals surface area contributed by atoms with Gasteiger partial charge in [0.1, 0.15) is 0 Å². The molecule has 2 amide bonds. The summed E-state index contributed by atoms with van der Waals surface area (Å²) in [4.78, 5) is 63.6. The predicted octanol–water partition coefficient (Wildman–Crippen LogP) is -0.136. The van der Waals surface area contributed by atoms with Gasteiger partial charge in [-0.05, 0) is 24.0 Å². The quantitative estimate of drug-likeness (QED) is 0.122. The second kappa shape index (κ2) is 19.7. The van der Waals surface area contributed by atoms with Gasteiger partial charge in [0.2, 0.25) is 11.8 Å². The Morgan fingerprint density at radius 3 is 1.16 bits per heavy atom. The summed E-state index contributed by atoms with van der Waals surface area (Å²) in [6, 6.07) is 19.2. The Bertz CT molecular complexity index is 1080. The van der Waals surface area contributed by atoms with Gasteiger partial charge in [-0.3, -0.25) is 38.7 Å². The molecule has 0 aliphatic rings. The smallest absolute Gasteiger partial charge is 0.317 e. The average molecular weight is 600 g/mol. The summed E-state index contributed by atoms with van der Waals surface area (Å²) in [7, 11) is 0. The normalized spacial score (nSPS) is 11.0. The van der Waals surface area contributed by atoms with Crippen LogP contribution in [0.25, 0.3) is 0 Å². The summed E-state index contributed by atoms with van der Waals surface area (Å²) >= 11 is 0. The second-order valence-corrected chi connectivity index (χ2v) is 10.0. The van der Waals surface area contributed by atoms with Crippen LogP contribution in [0.5, 0.6) is 0 Å². The highest BCUT2D eigenvalue weighted by molar-refractivity contribution is 5.79. The zero-order valence-corrected chi connectivity index (χ0v) is 24.2. The molecule has 0 radical (unpaired) electrons. The van der Waals surface area contributed by atoms with Gasteiger partial charge in [-0.25, -0.2) is 0 Å². The summed E-state index contributed by atoms with van der Waals surface area (Å²) in [5.74, 6) is -4.09. The highest BCUT2D eigenvalue weighted by atomic mass is 16.4. The van der Waals surface area contributed by atoms with Gasteiger partial charge in [0.15, 0.2) is 0 Å². The zero-order chi connectivity index (χ0) is 31.5. The van der Waals surface area contributed by atoms with Gasteiger partial charge in [0.25, 0.3) is 0 Å². The molecule has 0 saturated carbocycles. The van der Waals surface area contributed by atoms with E-state index >= 15 is 0 Å². The number of carbonyl (C=O) groups is 5. The van der Waals surface area contributed by atoms with Crippen LogP contribution in [0.3, 0.4) is 0 Å². The lowest BCUT2D eigenvalue weighted by Gasteiger charge is -2.28. The molecule has 0 aliphatic carbocycles. The highest BCUT2D eigenvalue weighted by Gasteiger charge is 2.19. The number of aliphatic carboxylic acids is 3. The van der Waals surface area contributed by atoms with Gasteiger partial charge in [-0.15, -0.1) is 0 Å². The maximum Gasteiger partial charge on any atom is 0.317 e. The number of hydrogen-bond acceptors (Lipinski definition) is 8. The van der Waals surface area contributed by atoms with Crippen LogP contribution in [0, 0.1) is 0 Å². The zero-order valence-electron chi connectivity index (χ0n) is 24.2. The van der Waals surface area contributed by atoms with Crippen molar-refractivity contribution in [1.82, 2.24) is 25.3 Å². The van der Waals surface area contributed by atoms with E-state index < -0.39 is 31.0 Å². The van der Waals surface area contributed by atoms with Gasteiger partial charge in [-0.1, -0.05) is 60.7 Å². The maximum atomic E-state index is 12.5. The molecule has 5 N–H and O–H groups in total. The molecule has 0 heterocycles. The SMILES string of the molecule is O=C(O)CN(CCN(CC(=O)O)CC(=O)NCCc1ccccc1)CCN(CC(=O)O)CC(=O)NCCc1ccccc1. The van der Waals surface area contributed by atoms with Gasteiger partial charge < -0.3 is 26.0 Å². The van der Waals surface area contributed by atoms with Crippen LogP contribution < -0.4 is 10.6 Å². The van der Waals surface area contributed by atoms with E-state index in [-0.39, 0.29) is 57.6 Å². The Morgan fingerprint density at radius 2 is 0.814 bits per heavy atom. The van der Waals surface area contributed by atoms with Gasteiger partial charge in [0, 0.05) is 39.3 Å². The van der Waals surface area contributed by atoms with Crippen molar-refractivity contribution >= 4 is 29.7 Å². The summed E-state index contributed by atoms with van der Waals surface area (Å²) in [6.45, 7) is -0.414. The van der Waals surface area contributed by atoms with E-state index in [1.165, 1.54) is 14.7 Å². The summed E-state index contributed by atoms with van der Waals surface area (Å²) in [5.41, 5.74) is 2.10. The topological polar surface area (TPSA) is 180 Å². The van der Waals surface area contributed by atoms with Crippen molar-refractivity contribution < 1.29 is 39.3 Å². The van der Waals surface area contributed by atoms with Crippen LogP contribution >= 0.6 is 0 Å². The van der Waals surface area contributed by atoms with Crippen molar-refractivity contribution in [2.24, 2.45) is 0 Å². The Balaban J connectivity index is 1.87. The van der Waals surface area contributed by atoms with Crippen molar-refractivity contribution in [2.75, 3.05) is 72.0 Å². The second-order valence-electron chi connectivity index (χ2n) is 10.0. The van der Waals surface area contributed by atoms with Gasteiger partial charge in [0.05, 0.1) is 32.7 Å². The number of carboxylic acids is 3. The minimum Gasteiger partial charge on any atom is -0.480 e. The third kappa shape index (κ3) is 16.6. The minimum absolute atomic E-state index is 0.0879.